The van der Waals surface area contributed by atoms with E-state index in [0.717, 1.165) is 23.3 Å². The molecule has 0 atom stereocenters. The first-order valence-electron chi connectivity index (χ1n) is 9.01. The van der Waals surface area contributed by atoms with Crippen molar-refractivity contribution in [2.75, 3.05) is 33.8 Å². The molecule has 0 bridgehead atoms. The Kier molecular flexibility index (Phi) is 7.79. The molecule has 1 aromatic carbocycles. The molecule has 1 aromatic heterocycles. The maximum absolute atomic E-state index is 12.5. The number of ether oxygens (including phenoxy) is 1. The van der Waals surface area contributed by atoms with Crippen molar-refractivity contribution in [1.29, 1.82) is 0 Å². The average molecular weight is 369 g/mol. The molecule has 0 aliphatic rings. The van der Waals surface area contributed by atoms with Crippen molar-refractivity contribution < 1.29 is 14.3 Å². The van der Waals surface area contributed by atoms with Crippen LogP contribution < -0.4 is 4.74 Å². The van der Waals surface area contributed by atoms with E-state index in [1.807, 2.05) is 36.4 Å². The molecule has 0 saturated carbocycles. The third kappa shape index (κ3) is 6.73. The molecule has 27 heavy (non-hydrogen) atoms. The van der Waals surface area contributed by atoms with Gasteiger partial charge < -0.3 is 14.5 Å². The van der Waals surface area contributed by atoms with E-state index < -0.39 is 0 Å². The first kappa shape index (κ1) is 20.4. The Labute approximate surface area is 160 Å². The number of hydrogen-bond acceptors (Lipinski definition) is 4. The smallest absolute Gasteiger partial charge is 0.241 e. The van der Waals surface area contributed by atoms with E-state index in [9.17, 15) is 9.59 Å². The second-order valence-electron chi connectivity index (χ2n) is 6.46. The quantitative estimate of drug-likeness (QED) is 0.680. The lowest BCUT2D eigenvalue weighted by Gasteiger charge is -2.24. The zero-order valence-corrected chi connectivity index (χ0v) is 16.2. The van der Waals surface area contributed by atoms with E-state index in [1.54, 1.807) is 36.4 Å². The average Bonchev–Trinajstić information content (AvgIpc) is 2.70. The lowest BCUT2D eigenvalue weighted by Crippen LogP contribution is -2.42. The number of likely N-dealkylation sites (N-methyl/N-ethyl adjacent to an activating group) is 1. The van der Waals surface area contributed by atoms with Crippen molar-refractivity contribution in [3.8, 4) is 5.75 Å². The fraction of sp³-hybridized carbons (Fsp3) is 0.381. The van der Waals surface area contributed by atoms with E-state index in [0.29, 0.717) is 19.5 Å². The molecule has 2 amide bonds. The van der Waals surface area contributed by atoms with Gasteiger partial charge in [0.25, 0.3) is 0 Å². The van der Waals surface area contributed by atoms with E-state index >= 15 is 0 Å². The lowest BCUT2D eigenvalue weighted by atomic mass is 10.1. The highest BCUT2D eigenvalue weighted by molar-refractivity contribution is 5.83. The number of nitrogens with zero attached hydrogens (tertiary/aromatic N) is 3. The molecule has 1 heterocycles. The van der Waals surface area contributed by atoms with E-state index in [-0.39, 0.29) is 18.4 Å². The van der Waals surface area contributed by atoms with E-state index in [4.69, 9.17) is 4.74 Å². The van der Waals surface area contributed by atoms with Crippen LogP contribution in [0.25, 0.3) is 0 Å². The number of rotatable bonds is 9. The Hall–Kier alpha value is -2.89. The number of benzene rings is 1. The number of aromatic nitrogens is 1. The van der Waals surface area contributed by atoms with Crippen molar-refractivity contribution in [3.63, 3.8) is 0 Å². The number of amides is 2. The van der Waals surface area contributed by atoms with Gasteiger partial charge in [0.15, 0.2) is 0 Å². The molecule has 0 aliphatic carbocycles. The van der Waals surface area contributed by atoms with Crippen LogP contribution >= 0.6 is 0 Å². The van der Waals surface area contributed by atoms with Gasteiger partial charge in [-0.1, -0.05) is 12.1 Å². The Bertz CT molecular complexity index is 732. The van der Waals surface area contributed by atoms with Crippen molar-refractivity contribution in [1.82, 2.24) is 14.8 Å². The van der Waals surface area contributed by atoms with Gasteiger partial charge in [-0.25, -0.2) is 0 Å². The molecule has 2 aromatic rings. The summed E-state index contributed by atoms with van der Waals surface area (Å²) in [4.78, 5) is 31.7. The van der Waals surface area contributed by atoms with Crippen LogP contribution in [0.15, 0.2) is 48.8 Å². The van der Waals surface area contributed by atoms with Gasteiger partial charge in [-0.3, -0.25) is 14.6 Å². The topological polar surface area (TPSA) is 62.7 Å². The van der Waals surface area contributed by atoms with Crippen LogP contribution in [0.1, 0.15) is 18.1 Å². The number of carbonyl (C=O) groups is 2. The van der Waals surface area contributed by atoms with Gasteiger partial charge >= 0.3 is 0 Å². The minimum Gasteiger partial charge on any atom is -0.497 e. The van der Waals surface area contributed by atoms with Crippen LogP contribution in [0.2, 0.25) is 0 Å². The zero-order chi connectivity index (χ0) is 19.6. The summed E-state index contributed by atoms with van der Waals surface area (Å²) in [7, 11) is 3.40. The number of hydrogen-bond donors (Lipinski definition) is 0. The molecular formula is C21H27N3O3. The zero-order valence-electron chi connectivity index (χ0n) is 16.2. The summed E-state index contributed by atoms with van der Waals surface area (Å²) in [6.07, 6.45) is 4.94. The van der Waals surface area contributed by atoms with Gasteiger partial charge in [-0.05, 0) is 48.2 Å². The predicted octanol–water partition coefficient (Wildman–Crippen LogP) is 2.18. The maximum atomic E-state index is 12.5. The standard InChI is InChI=1S/C21H27N3O3/c1-17(25)24(15-11-18-4-6-20(27-3)7-5-18)16-21(26)23(2)14-10-19-8-12-22-13-9-19/h4-9,12-13H,10-11,14-16H2,1-3H3. The first-order chi connectivity index (χ1) is 13.0. The molecule has 2 rings (SSSR count). The Balaban J connectivity index is 1.84. The summed E-state index contributed by atoms with van der Waals surface area (Å²) in [6, 6.07) is 11.6. The van der Waals surface area contributed by atoms with Crippen LogP contribution in [0.5, 0.6) is 5.75 Å². The predicted molar refractivity (Wildman–Crippen MR) is 105 cm³/mol. The van der Waals surface area contributed by atoms with Gasteiger partial charge in [0.1, 0.15) is 5.75 Å². The summed E-state index contributed by atoms with van der Waals surface area (Å²) in [5, 5.41) is 0. The molecule has 144 valence electrons. The molecule has 0 saturated heterocycles. The molecule has 0 aliphatic heterocycles. The fourth-order valence-electron chi connectivity index (χ4n) is 2.66. The summed E-state index contributed by atoms with van der Waals surface area (Å²) in [5.41, 5.74) is 2.23. The van der Waals surface area contributed by atoms with E-state index in [2.05, 4.69) is 4.98 Å². The summed E-state index contributed by atoms with van der Waals surface area (Å²) < 4.78 is 5.15. The highest BCUT2D eigenvalue weighted by Crippen LogP contribution is 2.12. The fourth-order valence-corrected chi connectivity index (χ4v) is 2.66. The SMILES string of the molecule is COc1ccc(CCN(CC(=O)N(C)CCc2ccncc2)C(C)=O)cc1. The van der Waals surface area contributed by atoms with Gasteiger partial charge in [0, 0.05) is 39.5 Å². The van der Waals surface area contributed by atoms with Crippen molar-refractivity contribution in [2.45, 2.75) is 19.8 Å². The Morgan fingerprint density at radius 2 is 1.56 bits per heavy atom. The first-order valence-corrected chi connectivity index (χ1v) is 9.01. The van der Waals surface area contributed by atoms with Gasteiger partial charge in [0.05, 0.1) is 13.7 Å². The van der Waals surface area contributed by atoms with Crippen molar-refractivity contribution in [2.24, 2.45) is 0 Å². The second kappa shape index (κ2) is 10.3. The molecule has 0 radical (unpaired) electrons. The number of methoxy groups -OCH3 is 1. The normalized spacial score (nSPS) is 10.3. The molecule has 0 fully saturated rings. The third-order valence-electron chi connectivity index (χ3n) is 4.51. The van der Waals surface area contributed by atoms with Crippen LogP contribution in [-0.2, 0) is 22.4 Å². The molecular weight excluding hydrogens is 342 g/mol. The monoisotopic (exact) mass is 369 g/mol. The largest absolute Gasteiger partial charge is 0.497 e. The number of pyridine rings is 1. The maximum Gasteiger partial charge on any atom is 0.241 e. The lowest BCUT2D eigenvalue weighted by molar-refractivity contribution is -0.138. The van der Waals surface area contributed by atoms with Crippen molar-refractivity contribution >= 4 is 11.8 Å². The summed E-state index contributed by atoms with van der Waals surface area (Å²) >= 11 is 0. The van der Waals surface area contributed by atoms with Gasteiger partial charge in [-0.15, -0.1) is 0 Å². The molecule has 0 N–H and O–H groups in total. The van der Waals surface area contributed by atoms with Crippen LogP contribution in [0.4, 0.5) is 0 Å². The van der Waals surface area contributed by atoms with Crippen molar-refractivity contribution in [3.05, 3.63) is 59.9 Å². The highest BCUT2D eigenvalue weighted by atomic mass is 16.5. The Morgan fingerprint density at radius 3 is 2.15 bits per heavy atom. The minimum atomic E-state index is -0.0978. The minimum absolute atomic E-state index is 0.0611. The molecule has 6 nitrogen and oxygen atoms in total. The summed E-state index contributed by atoms with van der Waals surface area (Å²) in [6.45, 7) is 2.70. The van der Waals surface area contributed by atoms with Gasteiger partial charge in [0.2, 0.25) is 11.8 Å². The highest BCUT2D eigenvalue weighted by Gasteiger charge is 2.16. The summed E-state index contributed by atoms with van der Waals surface area (Å²) in [5.74, 6) is 0.640. The van der Waals surface area contributed by atoms with Crippen LogP contribution in [-0.4, -0.2) is 60.4 Å². The molecule has 0 unspecified atom stereocenters. The molecule has 0 spiro atoms. The Morgan fingerprint density at radius 1 is 0.963 bits per heavy atom. The van der Waals surface area contributed by atoms with E-state index in [1.165, 1.54) is 6.92 Å². The van der Waals surface area contributed by atoms with Gasteiger partial charge in [-0.2, -0.15) is 0 Å². The second-order valence-corrected chi connectivity index (χ2v) is 6.46. The number of carbonyl (C=O) groups excluding carboxylic acids is 2. The third-order valence-corrected chi connectivity index (χ3v) is 4.51. The van der Waals surface area contributed by atoms with Crippen LogP contribution in [0, 0.1) is 0 Å². The van der Waals surface area contributed by atoms with Crippen LogP contribution in [0.3, 0.4) is 0 Å². The molecule has 6 heteroatoms.